The number of urea groups is 1. The Kier molecular flexibility index (Phi) is 5.34. The van der Waals surface area contributed by atoms with Gasteiger partial charge in [-0.2, -0.15) is 0 Å². The Morgan fingerprint density at radius 2 is 1.90 bits per heavy atom. The first kappa shape index (κ1) is 15.1. The van der Waals surface area contributed by atoms with Gasteiger partial charge in [0.1, 0.15) is 0 Å². The maximum atomic E-state index is 11.8. The van der Waals surface area contributed by atoms with Crippen LogP contribution in [-0.2, 0) is 11.3 Å². The third-order valence-corrected chi connectivity index (χ3v) is 3.71. The van der Waals surface area contributed by atoms with Crippen molar-refractivity contribution in [2.24, 2.45) is 0 Å². The van der Waals surface area contributed by atoms with Crippen molar-refractivity contribution in [2.75, 3.05) is 18.5 Å². The number of amides is 3. The first-order valence-corrected chi connectivity index (χ1v) is 7.39. The van der Waals surface area contributed by atoms with E-state index in [1.165, 1.54) is 0 Å². The summed E-state index contributed by atoms with van der Waals surface area (Å²) in [6, 6.07) is 12.9. The zero-order chi connectivity index (χ0) is 15.1. The summed E-state index contributed by atoms with van der Waals surface area (Å²) in [4.78, 5) is 26.2. The fraction of sp³-hybridized carbons (Fsp3) is 0.200. The number of hydrogen-bond acceptors (Lipinski definition) is 4. The van der Waals surface area contributed by atoms with Crippen LogP contribution in [0.4, 0.5) is 10.5 Å². The molecule has 0 aliphatic carbocycles. The van der Waals surface area contributed by atoms with Gasteiger partial charge >= 0.3 is 6.03 Å². The van der Waals surface area contributed by atoms with Crippen LogP contribution in [-0.4, -0.2) is 25.5 Å². The molecule has 2 N–H and O–H groups in total. The molecule has 5 nitrogen and oxygen atoms in total. The van der Waals surface area contributed by atoms with E-state index >= 15 is 0 Å². The lowest BCUT2D eigenvalue weighted by atomic mass is 10.3. The van der Waals surface area contributed by atoms with Gasteiger partial charge in [0.2, 0.25) is 5.91 Å². The molecule has 2 aromatic rings. The number of hydrogen-bond donors (Lipinski definition) is 2. The molecule has 0 radical (unpaired) electrons. The van der Waals surface area contributed by atoms with Gasteiger partial charge in [0.15, 0.2) is 0 Å². The second-order valence-corrected chi connectivity index (χ2v) is 5.53. The van der Waals surface area contributed by atoms with Crippen molar-refractivity contribution in [1.29, 1.82) is 0 Å². The van der Waals surface area contributed by atoms with E-state index in [9.17, 15) is 9.59 Å². The Balaban J connectivity index is 1.75. The summed E-state index contributed by atoms with van der Waals surface area (Å²) in [5.41, 5.74) is 0.923. The van der Waals surface area contributed by atoms with Gasteiger partial charge in [0, 0.05) is 17.6 Å². The number of thiophene rings is 1. The van der Waals surface area contributed by atoms with Crippen molar-refractivity contribution in [3.63, 3.8) is 0 Å². The number of rotatable bonds is 5. The van der Waals surface area contributed by atoms with Crippen molar-refractivity contribution < 1.29 is 9.59 Å². The van der Waals surface area contributed by atoms with E-state index in [1.54, 1.807) is 23.3 Å². The molecule has 3 amide bonds. The zero-order valence-corrected chi connectivity index (χ0v) is 12.5. The van der Waals surface area contributed by atoms with Crippen molar-refractivity contribution in [2.45, 2.75) is 6.54 Å². The summed E-state index contributed by atoms with van der Waals surface area (Å²) in [7, 11) is 1.80. The molecule has 2 rings (SSSR count). The van der Waals surface area contributed by atoms with Gasteiger partial charge in [-0.3, -0.25) is 10.1 Å². The molecule has 0 atom stereocenters. The van der Waals surface area contributed by atoms with Gasteiger partial charge in [0.05, 0.1) is 13.1 Å². The molecule has 0 bridgehead atoms. The van der Waals surface area contributed by atoms with Crippen LogP contribution in [0.15, 0.2) is 47.8 Å². The summed E-state index contributed by atoms with van der Waals surface area (Å²) >= 11 is 1.56. The molecule has 0 aliphatic rings. The minimum atomic E-state index is -0.477. The second-order valence-electron chi connectivity index (χ2n) is 4.50. The maximum absolute atomic E-state index is 11.8. The summed E-state index contributed by atoms with van der Waals surface area (Å²) < 4.78 is 0. The average molecular weight is 303 g/mol. The summed E-state index contributed by atoms with van der Waals surface area (Å²) in [5, 5.41) is 6.91. The topological polar surface area (TPSA) is 61.4 Å². The lowest BCUT2D eigenvalue weighted by molar-refractivity contribution is -0.118. The highest BCUT2D eigenvalue weighted by atomic mass is 32.1. The van der Waals surface area contributed by atoms with Crippen LogP contribution in [0, 0.1) is 0 Å². The molecule has 0 saturated carbocycles. The molecule has 0 spiro atoms. The summed E-state index contributed by atoms with van der Waals surface area (Å²) in [6.45, 7) is 0.543. The second kappa shape index (κ2) is 7.44. The fourth-order valence-electron chi connectivity index (χ4n) is 1.78. The van der Waals surface area contributed by atoms with Crippen LogP contribution in [0.3, 0.4) is 0 Å². The van der Waals surface area contributed by atoms with Crippen LogP contribution in [0.1, 0.15) is 4.88 Å². The smallest absolute Gasteiger partial charge is 0.321 e. The molecule has 0 saturated heterocycles. The largest absolute Gasteiger partial charge is 0.365 e. The molecule has 0 unspecified atom stereocenters. The molecule has 6 heteroatoms. The van der Waals surface area contributed by atoms with Crippen molar-refractivity contribution >= 4 is 29.0 Å². The Morgan fingerprint density at radius 3 is 2.57 bits per heavy atom. The highest BCUT2D eigenvalue weighted by molar-refractivity contribution is 7.09. The number of para-hydroxylation sites is 1. The number of nitrogens with one attached hydrogen (secondary N) is 2. The Labute approximate surface area is 127 Å². The van der Waals surface area contributed by atoms with E-state index in [2.05, 4.69) is 10.6 Å². The normalized spacial score (nSPS) is 9.95. The van der Waals surface area contributed by atoms with Crippen LogP contribution >= 0.6 is 11.3 Å². The molecular formula is C15H17N3O2S. The van der Waals surface area contributed by atoms with E-state index < -0.39 is 6.03 Å². The molecule has 1 heterocycles. The first-order chi connectivity index (χ1) is 10.1. The molecular weight excluding hydrogens is 286 g/mol. The van der Waals surface area contributed by atoms with Crippen molar-refractivity contribution in [3.05, 3.63) is 52.7 Å². The third kappa shape index (κ3) is 4.92. The van der Waals surface area contributed by atoms with Crippen LogP contribution < -0.4 is 15.5 Å². The van der Waals surface area contributed by atoms with Crippen LogP contribution in [0.2, 0.25) is 0 Å². The summed E-state index contributed by atoms with van der Waals surface area (Å²) in [5.74, 6) is -0.343. The standard InChI is InChI=1S/C15H17N3O2S/c1-18(12-6-3-2-4-7-12)11-14(19)17-15(20)16-10-13-8-5-9-21-13/h2-9H,10-11H2,1H3,(H2,16,17,19,20). The minimum absolute atomic E-state index is 0.121. The molecule has 110 valence electrons. The molecule has 0 fully saturated rings. The van der Waals surface area contributed by atoms with Gasteiger partial charge in [-0.25, -0.2) is 4.79 Å². The Morgan fingerprint density at radius 1 is 1.14 bits per heavy atom. The van der Waals surface area contributed by atoms with Crippen LogP contribution in [0.25, 0.3) is 0 Å². The number of carbonyl (C=O) groups excluding carboxylic acids is 2. The third-order valence-electron chi connectivity index (χ3n) is 2.83. The number of benzene rings is 1. The van der Waals surface area contributed by atoms with Gasteiger partial charge in [-0.05, 0) is 23.6 Å². The van der Waals surface area contributed by atoms with Gasteiger partial charge < -0.3 is 10.2 Å². The fourth-order valence-corrected chi connectivity index (χ4v) is 2.42. The molecule has 1 aromatic carbocycles. The average Bonchev–Trinajstić information content (AvgIpc) is 2.99. The van der Waals surface area contributed by atoms with Crippen molar-refractivity contribution in [1.82, 2.24) is 10.6 Å². The lowest BCUT2D eigenvalue weighted by Gasteiger charge is -2.18. The van der Waals surface area contributed by atoms with Crippen LogP contribution in [0.5, 0.6) is 0 Å². The number of imide groups is 1. The molecule has 21 heavy (non-hydrogen) atoms. The minimum Gasteiger partial charge on any atom is -0.365 e. The predicted molar refractivity (Wildman–Crippen MR) is 84.4 cm³/mol. The van der Waals surface area contributed by atoms with E-state index in [1.807, 2.05) is 47.8 Å². The summed E-state index contributed by atoms with van der Waals surface area (Å²) in [6.07, 6.45) is 0. The quantitative estimate of drug-likeness (QED) is 0.890. The van der Waals surface area contributed by atoms with Gasteiger partial charge in [-0.1, -0.05) is 24.3 Å². The van der Waals surface area contributed by atoms with E-state index in [4.69, 9.17) is 0 Å². The van der Waals surface area contributed by atoms with E-state index in [-0.39, 0.29) is 12.5 Å². The highest BCUT2D eigenvalue weighted by Crippen LogP contribution is 2.10. The monoisotopic (exact) mass is 303 g/mol. The number of nitrogens with zero attached hydrogens (tertiary/aromatic N) is 1. The van der Waals surface area contributed by atoms with E-state index in [0.29, 0.717) is 6.54 Å². The zero-order valence-electron chi connectivity index (χ0n) is 11.7. The predicted octanol–water partition coefficient (Wildman–Crippen LogP) is 2.21. The molecule has 1 aromatic heterocycles. The molecule has 0 aliphatic heterocycles. The maximum Gasteiger partial charge on any atom is 0.321 e. The number of anilines is 1. The van der Waals surface area contributed by atoms with Gasteiger partial charge in [0.25, 0.3) is 0 Å². The Hall–Kier alpha value is -2.34. The first-order valence-electron chi connectivity index (χ1n) is 6.51. The Bertz CT molecular complexity index is 584. The number of carbonyl (C=O) groups is 2. The van der Waals surface area contributed by atoms with Crippen molar-refractivity contribution in [3.8, 4) is 0 Å². The SMILES string of the molecule is CN(CC(=O)NC(=O)NCc1cccs1)c1ccccc1. The lowest BCUT2D eigenvalue weighted by Crippen LogP contribution is -2.43. The highest BCUT2D eigenvalue weighted by Gasteiger charge is 2.10. The van der Waals surface area contributed by atoms with Gasteiger partial charge in [-0.15, -0.1) is 11.3 Å². The number of likely N-dealkylation sites (N-methyl/N-ethyl adjacent to an activating group) is 1. The van der Waals surface area contributed by atoms with E-state index in [0.717, 1.165) is 10.6 Å².